The van der Waals surface area contributed by atoms with Gasteiger partial charge in [0.15, 0.2) is 11.6 Å². The van der Waals surface area contributed by atoms with E-state index in [1.807, 2.05) is 6.92 Å². The van der Waals surface area contributed by atoms with Crippen molar-refractivity contribution < 1.29 is 8.78 Å². The maximum absolute atomic E-state index is 13.5. The maximum atomic E-state index is 13.5. The van der Waals surface area contributed by atoms with Crippen LogP contribution in [0.1, 0.15) is 6.92 Å². The lowest BCUT2D eigenvalue weighted by Gasteiger charge is -2.05. The number of aromatic nitrogens is 2. The standard InChI is InChI=1S/C11H10F2N2/c1-2-15-7-6-14-11(15)8-4-3-5-9(12)10(8)13/h3-7H,2H2,1H3. The van der Waals surface area contributed by atoms with Crippen LogP contribution in [0.15, 0.2) is 30.6 Å². The van der Waals surface area contributed by atoms with Gasteiger partial charge in [-0.3, -0.25) is 0 Å². The van der Waals surface area contributed by atoms with Gasteiger partial charge in [0, 0.05) is 18.9 Å². The molecule has 1 aromatic heterocycles. The Morgan fingerprint density at radius 1 is 1.33 bits per heavy atom. The smallest absolute Gasteiger partial charge is 0.169 e. The van der Waals surface area contributed by atoms with Crippen molar-refractivity contribution in [2.24, 2.45) is 0 Å². The molecule has 0 unspecified atom stereocenters. The van der Waals surface area contributed by atoms with Gasteiger partial charge in [-0.05, 0) is 19.1 Å². The molecule has 15 heavy (non-hydrogen) atoms. The lowest BCUT2D eigenvalue weighted by atomic mass is 10.2. The highest BCUT2D eigenvalue weighted by molar-refractivity contribution is 5.56. The average molecular weight is 208 g/mol. The van der Waals surface area contributed by atoms with Crippen LogP contribution in [-0.2, 0) is 6.54 Å². The van der Waals surface area contributed by atoms with E-state index in [0.29, 0.717) is 12.4 Å². The van der Waals surface area contributed by atoms with Crippen LogP contribution >= 0.6 is 0 Å². The van der Waals surface area contributed by atoms with Crippen LogP contribution in [0, 0.1) is 11.6 Å². The Bertz CT molecular complexity index is 477. The lowest BCUT2D eigenvalue weighted by Crippen LogP contribution is -1.99. The third-order valence-electron chi connectivity index (χ3n) is 2.25. The molecule has 2 nitrogen and oxygen atoms in total. The zero-order valence-corrected chi connectivity index (χ0v) is 8.24. The predicted octanol–water partition coefficient (Wildman–Crippen LogP) is 2.85. The highest BCUT2D eigenvalue weighted by Crippen LogP contribution is 2.22. The number of aryl methyl sites for hydroxylation is 1. The first-order valence-corrected chi connectivity index (χ1v) is 4.69. The first-order chi connectivity index (χ1) is 7.24. The first kappa shape index (κ1) is 9.83. The largest absolute Gasteiger partial charge is 0.331 e. The molecule has 4 heteroatoms. The van der Waals surface area contributed by atoms with E-state index in [9.17, 15) is 8.78 Å². The van der Waals surface area contributed by atoms with Gasteiger partial charge in [-0.1, -0.05) is 6.07 Å². The number of benzene rings is 1. The Morgan fingerprint density at radius 2 is 2.13 bits per heavy atom. The van der Waals surface area contributed by atoms with E-state index in [4.69, 9.17) is 0 Å². The molecule has 0 atom stereocenters. The Morgan fingerprint density at radius 3 is 2.87 bits per heavy atom. The van der Waals surface area contributed by atoms with Crippen LogP contribution in [0.25, 0.3) is 11.4 Å². The minimum Gasteiger partial charge on any atom is -0.331 e. The van der Waals surface area contributed by atoms with E-state index in [0.717, 1.165) is 6.07 Å². The molecule has 0 bridgehead atoms. The highest BCUT2D eigenvalue weighted by Gasteiger charge is 2.13. The minimum absolute atomic E-state index is 0.196. The van der Waals surface area contributed by atoms with E-state index in [1.165, 1.54) is 12.1 Å². The van der Waals surface area contributed by atoms with Gasteiger partial charge in [-0.25, -0.2) is 13.8 Å². The lowest BCUT2D eigenvalue weighted by molar-refractivity contribution is 0.510. The molecule has 2 aromatic rings. The van der Waals surface area contributed by atoms with Crippen molar-refractivity contribution in [2.45, 2.75) is 13.5 Å². The molecule has 1 heterocycles. The van der Waals surface area contributed by atoms with Crippen molar-refractivity contribution in [3.63, 3.8) is 0 Å². The fourth-order valence-corrected chi connectivity index (χ4v) is 1.49. The van der Waals surface area contributed by atoms with Crippen LogP contribution < -0.4 is 0 Å². The van der Waals surface area contributed by atoms with Crippen LogP contribution in [-0.4, -0.2) is 9.55 Å². The molecule has 0 N–H and O–H groups in total. The Labute approximate surface area is 86.2 Å². The highest BCUT2D eigenvalue weighted by atomic mass is 19.2. The molecule has 0 amide bonds. The fourth-order valence-electron chi connectivity index (χ4n) is 1.49. The summed E-state index contributed by atoms with van der Waals surface area (Å²) in [5.41, 5.74) is 0.196. The van der Waals surface area contributed by atoms with Crippen LogP contribution in [0.5, 0.6) is 0 Å². The third-order valence-corrected chi connectivity index (χ3v) is 2.25. The molecule has 0 aliphatic carbocycles. The zero-order chi connectivity index (χ0) is 10.8. The molecule has 0 saturated carbocycles. The topological polar surface area (TPSA) is 17.8 Å². The number of imidazole rings is 1. The molecule has 0 aliphatic rings. The van der Waals surface area contributed by atoms with Gasteiger partial charge in [0.2, 0.25) is 0 Å². The number of nitrogens with zero attached hydrogens (tertiary/aromatic N) is 2. The minimum atomic E-state index is -0.849. The van der Waals surface area contributed by atoms with E-state index in [2.05, 4.69) is 4.98 Å². The molecule has 0 saturated heterocycles. The Kier molecular flexibility index (Phi) is 2.49. The summed E-state index contributed by atoms with van der Waals surface area (Å²) in [6.45, 7) is 2.59. The van der Waals surface area contributed by atoms with Gasteiger partial charge in [-0.2, -0.15) is 0 Å². The van der Waals surface area contributed by atoms with E-state index < -0.39 is 11.6 Å². The van der Waals surface area contributed by atoms with Crippen molar-refractivity contribution in [3.8, 4) is 11.4 Å². The summed E-state index contributed by atoms with van der Waals surface area (Å²) in [7, 11) is 0. The molecule has 1 aromatic carbocycles. The second kappa shape index (κ2) is 3.81. The van der Waals surface area contributed by atoms with Gasteiger partial charge >= 0.3 is 0 Å². The van der Waals surface area contributed by atoms with Crippen LogP contribution in [0.2, 0.25) is 0 Å². The number of hydrogen-bond donors (Lipinski definition) is 0. The summed E-state index contributed by atoms with van der Waals surface area (Å²) in [4.78, 5) is 4.02. The van der Waals surface area contributed by atoms with Crippen molar-refractivity contribution >= 4 is 0 Å². The number of rotatable bonds is 2. The number of halogens is 2. The van der Waals surface area contributed by atoms with Gasteiger partial charge in [0.05, 0.1) is 5.56 Å². The summed E-state index contributed by atoms with van der Waals surface area (Å²) in [6, 6.07) is 4.09. The summed E-state index contributed by atoms with van der Waals surface area (Å²) >= 11 is 0. The SMILES string of the molecule is CCn1ccnc1-c1cccc(F)c1F. The van der Waals surface area contributed by atoms with Gasteiger partial charge in [-0.15, -0.1) is 0 Å². The van der Waals surface area contributed by atoms with Crippen LogP contribution in [0.3, 0.4) is 0 Å². The average Bonchev–Trinajstić information content (AvgIpc) is 2.70. The summed E-state index contributed by atoms with van der Waals surface area (Å²) in [6.07, 6.45) is 3.31. The molecule has 0 fully saturated rings. The Hall–Kier alpha value is -1.71. The van der Waals surface area contributed by atoms with Crippen molar-refractivity contribution in [3.05, 3.63) is 42.2 Å². The third kappa shape index (κ3) is 1.63. The second-order valence-corrected chi connectivity index (χ2v) is 3.14. The van der Waals surface area contributed by atoms with Crippen molar-refractivity contribution in [1.82, 2.24) is 9.55 Å². The quantitative estimate of drug-likeness (QED) is 0.742. The van der Waals surface area contributed by atoms with E-state index in [-0.39, 0.29) is 5.56 Å². The molecular weight excluding hydrogens is 198 g/mol. The molecule has 2 rings (SSSR count). The summed E-state index contributed by atoms with van der Waals surface area (Å²) in [5.74, 6) is -1.24. The molecule has 0 radical (unpaired) electrons. The van der Waals surface area contributed by atoms with Gasteiger partial charge in [0.1, 0.15) is 5.82 Å². The van der Waals surface area contributed by atoms with Crippen LogP contribution in [0.4, 0.5) is 8.78 Å². The van der Waals surface area contributed by atoms with E-state index in [1.54, 1.807) is 17.0 Å². The van der Waals surface area contributed by atoms with Gasteiger partial charge in [0.25, 0.3) is 0 Å². The molecule has 78 valence electrons. The van der Waals surface area contributed by atoms with Gasteiger partial charge < -0.3 is 4.57 Å². The maximum Gasteiger partial charge on any atom is 0.169 e. The fraction of sp³-hybridized carbons (Fsp3) is 0.182. The first-order valence-electron chi connectivity index (χ1n) is 4.69. The second-order valence-electron chi connectivity index (χ2n) is 3.14. The normalized spacial score (nSPS) is 10.6. The van der Waals surface area contributed by atoms with Crippen molar-refractivity contribution in [2.75, 3.05) is 0 Å². The van der Waals surface area contributed by atoms with E-state index >= 15 is 0 Å². The zero-order valence-electron chi connectivity index (χ0n) is 8.24. The molecule has 0 spiro atoms. The van der Waals surface area contributed by atoms with Crippen molar-refractivity contribution in [1.29, 1.82) is 0 Å². The molecule has 0 aliphatic heterocycles. The summed E-state index contributed by atoms with van der Waals surface area (Å²) < 4.78 is 28.2. The summed E-state index contributed by atoms with van der Waals surface area (Å²) in [5, 5.41) is 0. The predicted molar refractivity (Wildman–Crippen MR) is 53.3 cm³/mol. The monoisotopic (exact) mass is 208 g/mol. The number of hydrogen-bond acceptors (Lipinski definition) is 1. The Balaban J connectivity index is 2.59. The molecular formula is C11H10F2N2.